The smallest absolute Gasteiger partial charge is 0.0776 e. The first-order chi connectivity index (χ1) is 7.17. The van der Waals surface area contributed by atoms with Crippen LogP contribution in [0.5, 0.6) is 0 Å². The van der Waals surface area contributed by atoms with Gasteiger partial charge < -0.3 is 10.2 Å². The molecule has 0 fully saturated rings. The Kier molecular flexibility index (Phi) is 5.09. The van der Waals surface area contributed by atoms with Gasteiger partial charge in [-0.15, -0.1) is 0 Å². The first-order valence-corrected chi connectivity index (χ1v) is 5.59. The Morgan fingerprint density at radius 2 is 2.13 bits per heavy atom. The van der Waals surface area contributed by atoms with E-state index in [1.54, 1.807) is 0 Å². The number of aliphatic hydroxyl groups excluding tert-OH is 2. The van der Waals surface area contributed by atoms with Crippen LogP contribution in [0.2, 0.25) is 5.02 Å². The Morgan fingerprint density at radius 3 is 2.67 bits per heavy atom. The molecular formula is C12H17ClO2. The number of hydrogen-bond acceptors (Lipinski definition) is 2. The lowest BCUT2D eigenvalue weighted by Crippen LogP contribution is -2.16. The van der Waals surface area contributed by atoms with Gasteiger partial charge in [0.1, 0.15) is 0 Å². The largest absolute Gasteiger partial charge is 0.394 e. The molecule has 0 aliphatic heterocycles. The minimum absolute atomic E-state index is 0.183. The zero-order chi connectivity index (χ0) is 11.3. The molecule has 1 rings (SSSR count). The van der Waals surface area contributed by atoms with E-state index in [2.05, 4.69) is 6.92 Å². The van der Waals surface area contributed by atoms with E-state index < -0.39 is 6.10 Å². The molecule has 0 saturated heterocycles. The van der Waals surface area contributed by atoms with Gasteiger partial charge in [-0.25, -0.2) is 0 Å². The summed E-state index contributed by atoms with van der Waals surface area (Å²) in [5, 5.41) is 18.9. The van der Waals surface area contributed by atoms with Crippen LogP contribution >= 0.6 is 11.6 Å². The summed E-state index contributed by atoms with van der Waals surface area (Å²) in [6.07, 6.45) is 0.860. The Labute approximate surface area is 95.5 Å². The SMILES string of the molecule is CCC(CC(O)CO)c1cccc(Cl)c1. The topological polar surface area (TPSA) is 40.5 Å². The lowest BCUT2D eigenvalue weighted by Gasteiger charge is -2.18. The summed E-state index contributed by atoms with van der Waals surface area (Å²) >= 11 is 5.90. The van der Waals surface area contributed by atoms with Gasteiger partial charge in [-0.2, -0.15) is 0 Å². The molecular weight excluding hydrogens is 212 g/mol. The summed E-state index contributed by atoms with van der Waals surface area (Å²) in [5.41, 5.74) is 1.12. The van der Waals surface area contributed by atoms with E-state index in [9.17, 15) is 5.11 Å². The van der Waals surface area contributed by atoms with Crippen molar-refractivity contribution >= 4 is 11.6 Å². The first kappa shape index (κ1) is 12.5. The molecule has 15 heavy (non-hydrogen) atoms. The second kappa shape index (κ2) is 6.11. The van der Waals surface area contributed by atoms with Gasteiger partial charge >= 0.3 is 0 Å². The summed E-state index contributed by atoms with van der Waals surface area (Å²) < 4.78 is 0. The monoisotopic (exact) mass is 228 g/mol. The lowest BCUT2D eigenvalue weighted by molar-refractivity contribution is 0.0817. The highest BCUT2D eigenvalue weighted by Crippen LogP contribution is 2.26. The van der Waals surface area contributed by atoms with Crippen LogP contribution in [0.15, 0.2) is 24.3 Å². The third-order valence-corrected chi connectivity index (χ3v) is 2.82. The van der Waals surface area contributed by atoms with Gasteiger partial charge in [0.05, 0.1) is 12.7 Å². The minimum Gasteiger partial charge on any atom is -0.394 e. The van der Waals surface area contributed by atoms with Gasteiger partial charge in [-0.1, -0.05) is 30.7 Å². The molecule has 1 aromatic rings. The van der Waals surface area contributed by atoms with Gasteiger partial charge in [-0.05, 0) is 36.5 Å². The molecule has 0 heterocycles. The Hall–Kier alpha value is -0.570. The molecule has 2 atom stereocenters. The van der Waals surface area contributed by atoms with Crippen LogP contribution in [0.4, 0.5) is 0 Å². The average Bonchev–Trinajstić information content (AvgIpc) is 2.25. The van der Waals surface area contributed by atoms with E-state index in [0.717, 1.165) is 12.0 Å². The number of rotatable bonds is 5. The second-order valence-corrected chi connectivity index (χ2v) is 4.17. The molecule has 84 valence electrons. The molecule has 0 radical (unpaired) electrons. The first-order valence-electron chi connectivity index (χ1n) is 5.21. The minimum atomic E-state index is -0.645. The van der Waals surface area contributed by atoms with Gasteiger partial charge in [0.2, 0.25) is 0 Å². The maximum atomic E-state index is 9.41. The highest BCUT2D eigenvalue weighted by molar-refractivity contribution is 6.30. The zero-order valence-corrected chi connectivity index (χ0v) is 9.61. The quantitative estimate of drug-likeness (QED) is 0.813. The van der Waals surface area contributed by atoms with Crippen LogP contribution in [0.3, 0.4) is 0 Å². The van der Waals surface area contributed by atoms with Crippen molar-refractivity contribution in [2.24, 2.45) is 0 Å². The summed E-state index contributed by atoms with van der Waals surface area (Å²) in [7, 11) is 0. The van der Waals surface area contributed by atoms with Crippen LogP contribution < -0.4 is 0 Å². The van der Waals surface area contributed by atoms with Crippen molar-refractivity contribution in [2.75, 3.05) is 6.61 Å². The van der Waals surface area contributed by atoms with Crippen LogP contribution in [-0.4, -0.2) is 22.9 Å². The van der Waals surface area contributed by atoms with Gasteiger partial charge in [0.15, 0.2) is 0 Å². The third-order valence-electron chi connectivity index (χ3n) is 2.58. The molecule has 2 nitrogen and oxygen atoms in total. The predicted octanol–water partition coefficient (Wildman–Crippen LogP) is 2.58. The van der Waals surface area contributed by atoms with Crippen molar-refractivity contribution in [2.45, 2.75) is 31.8 Å². The fourth-order valence-electron chi connectivity index (χ4n) is 1.70. The Bertz CT molecular complexity index is 301. The van der Waals surface area contributed by atoms with E-state index in [1.807, 2.05) is 24.3 Å². The predicted molar refractivity (Wildman–Crippen MR) is 62.2 cm³/mol. The molecule has 0 aliphatic rings. The molecule has 0 amide bonds. The van der Waals surface area contributed by atoms with Gasteiger partial charge in [0, 0.05) is 5.02 Å². The van der Waals surface area contributed by atoms with Crippen LogP contribution in [-0.2, 0) is 0 Å². The molecule has 0 aliphatic carbocycles. The summed E-state index contributed by atoms with van der Waals surface area (Å²) in [4.78, 5) is 0. The molecule has 0 bridgehead atoms. The fraction of sp³-hybridized carbons (Fsp3) is 0.500. The van der Waals surface area contributed by atoms with Crippen LogP contribution in [0, 0.1) is 0 Å². The number of halogens is 1. The van der Waals surface area contributed by atoms with Crippen molar-refractivity contribution in [1.29, 1.82) is 0 Å². The highest BCUT2D eigenvalue weighted by Gasteiger charge is 2.14. The fourth-order valence-corrected chi connectivity index (χ4v) is 1.90. The summed E-state index contributed by atoms with van der Waals surface area (Å²) in [6, 6.07) is 7.66. The van der Waals surface area contributed by atoms with Crippen molar-refractivity contribution in [1.82, 2.24) is 0 Å². The molecule has 0 spiro atoms. The lowest BCUT2D eigenvalue weighted by atomic mass is 9.91. The van der Waals surface area contributed by atoms with Crippen molar-refractivity contribution in [3.8, 4) is 0 Å². The Morgan fingerprint density at radius 1 is 1.40 bits per heavy atom. The average molecular weight is 229 g/mol. The second-order valence-electron chi connectivity index (χ2n) is 3.73. The highest BCUT2D eigenvalue weighted by atomic mass is 35.5. The third kappa shape index (κ3) is 3.82. The standard InChI is InChI=1S/C12H17ClO2/c1-2-9(7-12(15)8-14)10-4-3-5-11(13)6-10/h3-6,9,12,14-15H,2,7-8H2,1H3. The van der Waals surface area contributed by atoms with Crippen LogP contribution in [0.1, 0.15) is 31.2 Å². The number of aliphatic hydroxyl groups is 2. The normalized spacial score (nSPS) is 14.9. The van der Waals surface area contributed by atoms with Crippen LogP contribution in [0.25, 0.3) is 0 Å². The Balaban J connectivity index is 2.73. The van der Waals surface area contributed by atoms with Crippen molar-refractivity contribution < 1.29 is 10.2 Å². The van der Waals surface area contributed by atoms with Gasteiger partial charge in [0.25, 0.3) is 0 Å². The molecule has 0 aromatic heterocycles. The van der Waals surface area contributed by atoms with E-state index in [-0.39, 0.29) is 12.5 Å². The molecule has 1 aromatic carbocycles. The number of benzene rings is 1. The maximum absolute atomic E-state index is 9.41. The van der Waals surface area contributed by atoms with E-state index in [0.29, 0.717) is 11.4 Å². The number of hydrogen-bond donors (Lipinski definition) is 2. The van der Waals surface area contributed by atoms with E-state index in [1.165, 1.54) is 0 Å². The van der Waals surface area contributed by atoms with Crippen molar-refractivity contribution in [3.63, 3.8) is 0 Å². The van der Waals surface area contributed by atoms with E-state index >= 15 is 0 Å². The van der Waals surface area contributed by atoms with Crippen molar-refractivity contribution in [3.05, 3.63) is 34.9 Å². The molecule has 0 saturated carbocycles. The summed E-state index contributed by atoms with van der Waals surface area (Å²) in [5.74, 6) is 0.255. The zero-order valence-electron chi connectivity index (χ0n) is 8.86. The van der Waals surface area contributed by atoms with Gasteiger partial charge in [-0.3, -0.25) is 0 Å². The molecule has 2 N–H and O–H groups in total. The molecule has 3 heteroatoms. The molecule has 2 unspecified atom stereocenters. The van der Waals surface area contributed by atoms with E-state index in [4.69, 9.17) is 16.7 Å². The summed E-state index contributed by atoms with van der Waals surface area (Å²) in [6.45, 7) is 1.88. The maximum Gasteiger partial charge on any atom is 0.0776 e.